The molecule has 27 heavy (non-hydrogen) atoms. The largest absolute Gasteiger partial charge is 0.494 e. The Kier molecular flexibility index (Phi) is 4.62. The van der Waals surface area contributed by atoms with Crippen LogP contribution >= 0.6 is 0 Å². The average molecular weight is 363 g/mol. The molecule has 6 heteroatoms. The number of fused-ring (bicyclic) bond motifs is 1. The summed E-state index contributed by atoms with van der Waals surface area (Å²) >= 11 is 0. The van der Waals surface area contributed by atoms with Gasteiger partial charge in [-0.05, 0) is 50.1 Å². The van der Waals surface area contributed by atoms with Crippen LogP contribution in [-0.2, 0) is 0 Å². The van der Waals surface area contributed by atoms with Crippen LogP contribution in [-0.4, -0.2) is 40.3 Å². The molecule has 138 valence electrons. The van der Waals surface area contributed by atoms with E-state index in [1.807, 2.05) is 17.9 Å². The molecule has 2 heterocycles. The molecule has 1 aliphatic rings. The Morgan fingerprint density at radius 2 is 1.70 bits per heavy atom. The van der Waals surface area contributed by atoms with Gasteiger partial charge in [0.1, 0.15) is 5.75 Å². The average Bonchev–Trinajstić information content (AvgIpc) is 3.24. The van der Waals surface area contributed by atoms with E-state index in [4.69, 9.17) is 4.74 Å². The molecule has 0 saturated carbocycles. The molecule has 1 saturated heterocycles. The highest BCUT2D eigenvalue weighted by Gasteiger charge is 2.24. The molecule has 0 unspecified atom stereocenters. The molecule has 0 bridgehead atoms. The summed E-state index contributed by atoms with van der Waals surface area (Å²) in [5.41, 5.74) is 0.679. The normalized spacial score (nSPS) is 13.9. The lowest BCUT2D eigenvalue weighted by Crippen LogP contribution is -2.32. The second-order valence-electron chi connectivity index (χ2n) is 6.54. The lowest BCUT2D eigenvalue weighted by Gasteiger charge is -2.17. The van der Waals surface area contributed by atoms with Crippen LogP contribution in [0.5, 0.6) is 5.75 Å². The van der Waals surface area contributed by atoms with Crippen LogP contribution in [0.2, 0.25) is 0 Å². The predicted molar refractivity (Wildman–Crippen MR) is 104 cm³/mol. The first kappa shape index (κ1) is 17.3. The number of nitrogens with zero attached hydrogens (tertiary/aromatic N) is 3. The molecule has 6 nitrogen and oxygen atoms in total. The number of ether oxygens (including phenoxy) is 1. The molecule has 3 aromatic rings. The summed E-state index contributed by atoms with van der Waals surface area (Å²) in [7, 11) is 0. The molecule has 4 rings (SSSR count). The molecule has 1 amide bonds. The number of likely N-dealkylation sites (tertiary alicyclic amines) is 1. The van der Waals surface area contributed by atoms with E-state index in [2.05, 4.69) is 5.10 Å². The minimum Gasteiger partial charge on any atom is -0.494 e. The molecule has 0 spiro atoms. The molecule has 1 fully saturated rings. The minimum atomic E-state index is -0.243. The zero-order valence-electron chi connectivity index (χ0n) is 15.2. The van der Waals surface area contributed by atoms with E-state index >= 15 is 0 Å². The molecule has 1 aliphatic heterocycles. The van der Waals surface area contributed by atoms with Gasteiger partial charge in [0.25, 0.3) is 11.5 Å². The highest BCUT2D eigenvalue weighted by molar-refractivity contribution is 6.04. The third kappa shape index (κ3) is 3.18. The van der Waals surface area contributed by atoms with E-state index in [1.54, 1.807) is 42.5 Å². The number of benzene rings is 2. The van der Waals surface area contributed by atoms with Gasteiger partial charge in [0, 0.05) is 18.5 Å². The monoisotopic (exact) mass is 363 g/mol. The summed E-state index contributed by atoms with van der Waals surface area (Å²) in [5.74, 6) is 0.604. The minimum absolute atomic E-state index is 0.122. The SMILES string of the molecule is CCOc1ccc(-n2nc(C(=O)N3CCCC3)c3ccccc3c2=O)cc1. The van der Waals surface area contributed by atoms with Crippen molar-refractivity contribution in [1.82, 2.24) is 14.7 Å². The van der Waals surface area contributed by atoms with Crippen LogP contribution in [0.3, 0.4) is 0 Å². The van der Waals surface area contributed by atoms with Crippen molar-refractivity contribution in [3.05, 3.63) is 64.6 Å². The van der Waals surface area contributed by atoms with Crippen LogP contribution in [0.1, 0.15) is 30.3 Å². The first-order valence-electron chi connectivity index (χ1n) is 9.23. The quantitative estimate of drug-likeness (QED) is 0.715. The maximum Gasteiger partial charge on any atom is 0.279 e. The van der Waals surface area contributed by atoms with E-state index in [0.29, 0.717) is 28.8 Å². The molecule has 1 aromatic heterocycles. The standard InChI is InChI=1S/C21H21N3O3/c1-2-27-16-11-9-15(10-12-16)24-20(25)18-8-4-3-7-17(18)19(22-24)21(26)23-13-5-6-14-23/h3-4,7-12H,2,5-6,13-14H2,1H3. The van der Waals surface area contributed by atoms with Gasteiger partial charge < -0.3 is 9.64 Å². The van der Waals surface area contributed by atoms with Crippen molar-refractivity contribution in [2.45, 2.75) is 19.8 Å². The van der Waals surface area contributed by atoms with E-state index in [1.165, 1.54) is 4.68 Å². The van der Waals surface area contributed by atoms with Crippen molar-refractivity contribution in [1.29, 1.82) is 0 Å². The highest BCUT2D eigenvalue weighted by atomic mass is 16.5. The number of carbonyl (C=O) groups excluding carboxylic acids is 1. The summed E-state index contributed by atoms with van der Waals surface area (Å²) in [4.78, 5) is 27.8. The summed E-state index contributed by atoms with van der Waals surface area (Å²) in [6.07, 6.45) is 2.00. The van der Waals surface area contributed by atoms with E-state index < -0.39 is 0 Å². The Labute approximate surface area is 157 Å². The number of amides is 1. The van der Waals surface area contributed by atoms with Crippen molar-refractivity contribution >= 4 is 16.7 Å². The third-order valence-corrected chi connectivity index (χ3v) is 4.79. The zero-order valence-corrected chi connectivity index (χ0v) is 15.2. The van der Waals surface area contributed by atoms with Crippen molar-refractivity contribution in [2.24, 2.45) is 0 Å². The molecule has 0 aliphatic carbocycles. The van der Waals surface area contributed by atoms with E-state index in [9.17, 15) is 9.59 Å². The fourth-order valence-corrected chi connectivity index (χ4v) is 3.44. The second-order valence-corrected chi connectivity index (χ2v) is 6.54. The number of aromatic nitrogens is 2. The fraction of sp³-hybridized carbons (Fsp3) is 0.286. The Hall–Kier alpha value is -3.15. The Bertz CT molecular complexity index is 1030. The third-order valence-electron chi connectivity index (χ3n) is 4.79. The summed E-state index contributed by atoms with van der Waals surface area (Å²) in [6, 6.07) is 14.3. The summed E-state index contributed by atoms with van der Waals surface area (Å²) in [5, 5.41) is 5.55. The summed E-state index contributed by atoms with van der Waals surface area (Å²) in [6.45, 7) is 3.95. The van der Waals surface area contributed by atoms with Gasteiger partial charge in [0.2, 0.25) is 0 Å². The topological polar surface area (TPSA) is 64.4 Å². The van der Waals surface area contributed by atoms with Crippen molar-refractivity contribution in [3.8, 4) is 11.4 Å². The van der Waals surface area contributed by atoms with Crippen LogP contribution in [0.15, 0.2) is 53.3 Å². The predicted octanol–water partition coefficient (Wildman–Crippen LogP) is 3.02. The van der Waals surface area contributed by atoms with Gasteiger partial charge >= 0.3 is 0 Å². The van der Waals surface area contributed by atoms with Gasteiger partial charge in [-0.3, -0.25) is 9.59 Å². The van der Waals surface area contributed by atoms with Crippen LogP contribution in [0.25, 0.3) is 16.5 Å². The van der Waals surface area contributed by atoms with Gasteiger partial charge in [-0.2, -0.15) is 9.78 Å². The van der Waals surface area contributed by atoms with Gasteiger partial charge in [-0.1, -0.05) is 18.2 Å². The molecule has 2 aromatic carbocycles. The summed E-state index contributed by atoms with van der Waals surface area (Å²) < 4.78 is 6.76. The first-order valence-corrected chi connectivity index (χ1v) is 9.23. The highest BCUT2D eigenvalue weighted by Crippen LogP contribution is 2.20. The van der Waals surface area contributed by atoms with Crippen molar-refractivity contribution in [3.63, 3.8) is 0 Å². The Morgan fingerprint density at radius 3 is 2.37 bits per heavy atom. The molecular weight excluding hydrogens is 342 g/mol. The Balaban J connectivity index is 1.87. The zero-order chi connectivity index (χ0) is 18.8. The lowest BCUT2D eigenvalue weighted by molar-refractivity contribution is 0.0787. The number of hydrogen-bond donors (Lipinski definition) is 0. The van der Waals surface area contributed by atoms with E-state index in [-0.39, 0.29) is 11.5 Å². The number of rotatable bonds is 4. The van der Waals surface area contributed by atoms with Gasteiger partial charge in [0.15, 0.2) is 5.69 Å². The van der Waals surface area contributed by atoms with E-state index in [0.717, 1.165) is 31.7 Å². The molecule has 0 N–H and O–H groups in total. The first-order chi connectivity index (χ1) is 13.2. The van der Waals surface area contributed by atoms with Gasteiger partial charge in [-0.25, -0.2) is 0 Å². The lowest BCUT2D eigenvalue weighted by atomic mass is 10.1. The maximum atomic E-state index is 13.0. The van der Waals surface area contributed by atoms with Crippen molar-refractivity contribution in [2.75, 3.05) is 19.7 Å². The van der Waals surface area contributed by atoms with Crippen LogP contribution in [0.4, 0.5) is 0 Å². The van der Waals surface area contributed by atoms with Gasteiger partial charge in [0.05, 0.1) is 17.7 Å². The Morgan fingerprint density at radius 1 is 1.04 bits per heavy atom. The molecular formula is C21H21N3O3. The number of hydrogen-bond acceptors (Lipinski definition) is 4. The van der Waals surface area contributed by atoms with Crippen LogP contribution in [0, 0.1) is 0 Å². The fourth-order valence-electron chi connectivity index (χ4n) is 3.44. The van der Waals surface area contributed by atoms with Crippen molar-refractivity contribution < 1.29 is 9.53 Å². The molecule has 0 atom stereocenters. The number of carbonyl (C=O) groups is 1. The maximum absolute atomic E-state index is 13.0. The molecule has 0 radical (unpaired) electrons. The second kappa shape index (κ2) is 7.23. The van der Waals surface area contributed by atoms with Gasteiger partial charge in [-0.15, -0.1) is 0 Å². The smallest absolute Gasteiger partial charge is 0.279 e. The van der Waals surface area contributed by atoms with Crippen LogP contribution < -0.4 is 10.3 Å².